The van der Waals surface area contributed by atoms with Crippen LogP contribution in [-0.2, 0) is 5.41 Å². The molecule has 0 heterocycles. The summed E-state index contributed by atoms with van der Waals surface area (Å²) in [6.45, 7) is 6.54. The molecule has 0 spiro atoms. The Bertz CT molecular complexity index is 375. The smallest absolute Gasteiger partial charge is 0.0912 e. The van der Waals surface area contributed by atoms with E-state index in [-0.39, 0.29) is 5.41 Å². The Balaban J connectivity index is 3.03. The molecule has 72 valence electrons. The van der Waals surface area contributed by atoms with Crippen molar-refractivity contribution in [2.45, 2.75) is 26.2 Å². The molecule has 0 aromatic heterocycles. The van der Waals surface area contributed by atoms with Crippen LogP contribution in [0.25, 0.3) is 6.08 Å². The SMILES string of the molecule is CC(C)(C)c1cccc(C=CC#N)c1. The van der Waals surface area contributed by atoms with Crippen LogP contribution in [0.15, 0.2) is 30.3 Å². The van der Waals surface area contributed by atoms with Crippen molar-refractivity contribution < 1.29 is 0 Å². The van der Waals surface area contributed by atoms with E-state index >= 15 is 0 Å². The lowest BCUT2D eigenvalue weighted by atomic mass is 9.86. The molecule has 1 heteroatoms. The summed E-state index contributed by atoms with van der Waals surface area (Å²) < 4.78 is 0. The minimum Gasteiger partial charge on any atom is -0.193 e. The van der Waals surface area contributed by atoms with E-state index < -0.39 is 0 Å². The topological polar surface area (TPSA) is 23.8 Å². The van der Waals surface area contributed by atoms with Gasteiger partial charge in [-0.1, -0.05) is 45.0 Å². The van der Waals surface area contributed by atoms with Crippen LogP contribution in [0.5, 0.6) is 0 Å². The zero-order valence-electron chi connectivity index (χ0n) is 8.91. The molecule has 0 aliphatic rings. The molecule has 0 bridgehead atoms. The first-order valence-corrected chi connectivity index (χ1v) is 4.71. The fraction of sp³-hybridized carbons (Fsp3) is 0.308. The first-order chi connectivity index (χ1) is 6.54. The Morgan fingerprint density at radius 1 is 1.29 bits per heavy atom. The molecule has 0 N–H and O–H groups in total. The molecule has 1 rings (SSSR count). The lowest BCUT2D eigenvalue weighted by Crippen LogP contribution is -2.10. The Kier molecular flexibility index (Phi) is 3.09. The summed E-state index contributed by atoms with van der Waals surface area (Å²) in [5, 5.41) is 8.42. The molecular formula is C13H15N. The van der Waals surface area contributed by atoms with Crippen molar-refractivity contribution in [3.05, 3.63) is 41.5 Å². The fourth-order valence-electron chi connectivity index (χ4n) is 1.24. The Hall–Kier alpha value is -1.55. The second-order valence-corrected chi connectivity index (χ2v) is 4.34. The van der Waals surface area contributed by atoms with Gasteiger partial charge in [-0.05, 0) is 22.6 Å². The minimum absolute atomic E-state index is 0.163. The molecule has 14 heavy (non-hydrogen) atoms. The van der Waals surface area contributed by atoms with Crippen LogP contribution in [0.1, 0.15) is 31.9 Å². The standard InChI is InChI=1S/C13H15N/c1-13(2,3)12-8-4-6-11(10-12)7-5-9-14/h4-8,10H,1-3H3. The quantitative estimate of drug-likeness (QED) is 0.614. The van der Waals surface area contributed by atoms with E-state index in [4.69, 9.17) is 5.26 Å². The van der Waals surface area contributed by atoms with Gasteiger partial charge in [0.2, 0.25) is 0 Å². The average molecular weight is 185 g/mol. The number of hydrogen-bond acceptors (Lipinski definition) is 1. The predicted molar refractivity (Wildman–Crippen MR) is 59.8 cm³/mol. The summed E-state index contributed by atoms with van der Waals surface area (Å²) in [6, 6.07) is 10.3. The molecular weight excluding hydrogens is 170 g/mol. The zero-order chi connectivity index (χ0) is 10.6. The maximum absolute atomic E-state index is 8.42. The Labute approximate surface area is 85.7 Å². The van der Waals surface area contributed by atoms with Crippen LogP contribution in [0.4, 0.5) is 0 Å². The van der Waals surface area contributed by atoms with E-state index in [0.717, 1.165) is 5.56 Å². The lowest BCUT2D eigenvalue weighted by molar-refractivity contribution is 0.590. The van der Waals surface area contributed by atoms with Gasteiger partial charge in [0.1, 0.15) is 0 Å². The lowest BCUT2D eigenvalue weighted by Gasteiger charge is -2.19. The number of allylic oxidation sites excluding steroid dienone is 1. The number of hydrogen-bond donors (Lipinski definition) is 0. The molecule has 0 unspecified atom stereocenters. The van der Waals surface area contributed by atoms with Gasteiger partial charge in [-0.2, -0.15) is 5.26 Å². The fourth-order valence-corrected chi connectivity index (χ4v) is 1.24. The maximum Gasteiger partial charge on any atom is 0.0912 e. The third-order valence-corrected chi connectivity index (χ3v) is 2.10. The highest BCUT2D eigenvalue weighted by molar-refractivity contribution is 5.53. The second-order valence-electron chi connectivity index (χ2n) is 4.34. The van der Waals surface area contributed by atoms with E-state index in [0.29, 0.717) is 0 Å². The van der Waals surface area contributed by atoms with E-state index in [1.54, 1.807) is 0 Å². The normalized spacial score (nSPS) is 11.6. The number of nitriles is 1. The predicted octanol–water partition coefficient (Wildman–Crippen LogP) is 3.52. The van der Waals surface area contributed by atoms with Gasteiger partial charge in [0.05, 0.1) is 6.07 Å². The minimum atomic E-state index is 0.163. The highest BCUT2D eigenvalue weighted by Crippen LogP contribution is 2.23. The highest BCUT2D eigenvalue weighted by Gasteiger charge is 2.12. The number of rotatable bonds is 1. The van der Waals surface area contributed by atoms with Crippen LogP contribution >= 0.6 is 0 Å². The first-order valence-electron chi connectivity index (χ1n) is 4.71. The summed E-state index contributed by atoms with van der Waals surface area (Å²) in [6.07, 6.45) is 3.33. The van der Waals surface area contributed by atoms with Crippen LogP contribution < -0.4 is 0 Å². The molecule has 0 aliphatic heterocycles. The average Bonchev–Trinajstić information content (AvgIpc) is 2.14. The van der Waals surface area contributed by atoms with Gasteiger partial charge in [0.25, 0.3) is 0 Å². The van der Waals surface area contributed by atoms with Gasteiger partial charge in [0.15, 0.2) is 0 Å². The summed E-state index contributed by atoms with van der Waals surface area (Å²) in [5.74, 6) is 0. The van der Waals surface area contributed by atoms with Crippen LogP contribution in [-0.4, -0.2) is 0 Å². The Morgan fingerprint density at radius 3 is 2.57 bits per heavy atom. The monoisotopic (exact) mass is 185 g/mol. The van der Waals surface area contributed by atoms with E-state index in [1.807, 2.05) is 24.3 Å². The zero-order valence-corrected chi connectivity index (χ0v) is 8.91. The highest BCUT2D eigenvalue weighted by atomic mass is 14.2. The third-order valence-electron chi connectivity index (χ3n) is 2.10. The molecule has 1 aromatic rings. The first kappa shape index (κ1) is 10.5. The van der Waals surface area contributed by atoms with Crippen LogP contribution in [0.2, 0.25) is 0 Å². The van der Waals surface area contributed by atoms with Gasteiger partial charge in [-0.15, -0.1) is 0 Å². The Morgan fingerprint density at radius 2 is 2.00 bits per heavy atom. The number of benzene rings is 1. The van der Waals surface area contributed by atoms with Crippen molar-refractivity contribution in [2.75, 3.05) is 0 Å². The number of nitrogens with zero attached hydrogens (tertiary/aromatic N) is 1. The largest absolute Gasteiger partial charge is 0.193 e. The summed E-state index contributed by atoms with van der Waals surface area (Å²) in [7, 11) is 0. The van der Waals surface area contributed by atoms with Crippen molar-refractivity contribution in [3.8, 4) is 6.07 Å². The van der Waals surface area contributed by atoms with Gasteiger partial charge < -0.3 is 0 Å². The molecule has 1 aromatic carbocycles. The molecule has 0 aliphatic carbocycles. The molecule has 0 saturated heterocycles. The van der Waals surface area contributed by atoms with E-state index in [9.17, 15) is 0 Å². The van der Waals surface area contributed by atoms with E-state index in [2.05, 4.69) is 32.9 Å². The second kappa shape index (κ2) is 4.11. The van der Waals surface area contributed by atoms with E-state index in [1.165, 1.54) is 11.6 Å². The van der Waals surface area contributed by atoms with Gasteiger partial charge in [0, 0.05) is 6.08 Å². The van der Waals surface area contributed by atoms with Crippen molar-refractivity contribution in [2.24, 2.45) is 0 Å². The summed E-state index contributed by atoms with van der Waals surface area (Å²) in [4.78, 5) is 0. The summed E-state index contributed by atoms with van der Waals surface area (Å²) >= 11 is 0. The molecule has 0 amide bonds. The molecule has 0 atom stereocenters. The van der Waals surface area contributed by atoms with Crippen molar-refractivity contribution >= 4 is 6.08 Å². The molecule has 1 nitrogen and oxygen atoms in total. The van der Waals surface area contributed by atoms with Crippen molar-refractivity contribution in [1.82, 2.24) is 0 Å². The molecule has 0 saturated carbocycles. The van der Waals surface area contributed by atoms with Crippen LogP contribution in [0, 0.1) is 11.3 Å². The van der Waals surface area contributed by atoms with Gasteiger partial charge >= 0.3 is 0 Å². The molecule has 0 fully saturated rings. The van der Waals surface area contributed by atoms with Gasteiger partial charge in [-0.25, -0.2) is 0 Å². The van der Waals surface area contributed by atoms with Gasteiger partial charge in [-0.3, -0.25) is 0 Å². The summed E-state index contributed by atoms with van der Waals surface area (Å²) in [5.41, 5.74) is 2.54. The third kappa shape index (κ3) is 2.74. The van der Waals surface area contributed by atoms with Crippen molar-refractivity contribution in [1.29, 1.82) is 5.26 Å². The maximum atomic E-state index is 8.42. The molecule has 0 radical (unpaired) electrons. The van der Waals surface area contributed by atoms with Crippen molar-refractivity contribution in [3.63, 3.8) is 0 Å². The van der Waals surface area contributed by atoms with Crippen LogP contribution in [0.3, 0.4) is 0 Å².